The van der Waals surface area contributed by atoms with E-state index < -0.39 is 116 Å². The number of aromatic hydroxyl groups is 1. The van der Waals surface area contributed by atoms with E-state index in [1.807, 2.05) is 0 Å². The van der Waals surface area contributed by atoms with Gasteiger partial charge in [-0.3, -0.25) is 9.83 Å². The van der Waals surface area contributed by atoms with Crippen molar-refractivity contribution in [1.29, 1.82) is 0 Å². The summed E-state index contributed by atoms with van der Waals surface area (Å²) in [5.41, 5.74) is -1.59. The maximum Gasteiger partial charge on any atom is 1.00 e. The zero-order valence-corrected chi connectivity index (χ0v) is 47.8. The Morgan fingerprint density at radius 1 is 0.776 bits per heavy atom. The number of ether oxygens (including phenoxy) is 1. The van der Waals surface area contributed by atoms with Crippen LogP contribution in [0.3, 0.4) is 0 Å². The van der Waals surface area contributed by atoms with Gasteiger partial charge in [0.05, 0.1) is 48.0 Å². The second-order valence-corrected chi connectivity index (χ2v) is 19.6. The average Bonchev–Trinajstić information content (AvgIpc) is 3.17. The van der Waals surface area contributed by atoms with E-state index in [0.717, 1.165) is 55.5 Å². The number of anilines is 4. The van der Waals surface area contributed by atoms with Gasteiger partial charge in [-0.25, -0.2) is 33.7 Å². The van der Waals surface area contributed by atoms with Crippen LogP contribution in [-0.4, -0.2) is 85.7 Å². The second-order valence-electron chi connectivity index (χ2n) is 12.4. The number of aromatic nitrogens is 3. The molecular formula is C33H22ClN7Na4O17S5. The quantitative estimate of drug-likeness (QED) is 0.0154. The summed E-state index contributed by atoms with van der Waals surface area (Å²) in [5.74, 6) is -2.79. The molecule has 6 aromatic rings. The first kappa shape index (κ1) is 61.4. The molecule has 332 valence electrons. The first-order valence-corrected chi connectivity index (χ1v) is 23.7. The molecule has 0 bridgehead atoms. The van der Waals surface area contributed by atoms with Crippen LogP contribution in [0.25, 0.3) is 21.5 Å². The predicted molar refractivity (Wildman–Crippen MR) is 212 cm³/mol. The summed E-state index contributed by atoms with van der Waals surface area (Å²) in [6.07, 6.45) is 0. The minimum Gasteiger partial charge on any atom is -0.744 e. The van der Waals surface area contributed by atoms with Gasteiger partial charge >= 0.3 is 124 Å². The number of sulfone groups is 1. The summed E-state index contributed by atoms with van der Waals surface area (Å²) in [5, 5.41) is 36.8. The zero-order valence-electron chi connectivity index (χ0n) is 35.0. The minimum absolute atomic E-state index is 0. The van der Waals surface area contributed by atoms with Gasteiger partial charge in [0.15, 0.2) is 15.6 Å². The molecule has 1 aromatic heterocycles. The van der Waals surface area contributed by atoms with Gasteiger partial charge in [-0.1, -0.05) is 18.2 Å². The topological polar surface area (TPSA) is 381 Å². The van der Waals surface area contributed by atoms with Crippen LogP contribution in [0.5, 0.6) is 5.75 Å². The maximum absolute atomic E-state index is 12.6. The van der Waals surface area contributed by atoms with E-state index in [9.17, 15) is 62.5 Å². The first-order valence-electron chi connectivity index (χ1n) is 16.7. The van der Waals surface area contributed by atoms with Crippen molar-refractivity contribution in [2.45, 2.75) is 31.4 Å². The molecule has 0 aliphatic carbocycles. The zero-order chi connectivity index (χ0) is 46.1. The molecule has 0 unspecified atom stereocenters. The van der Waals surface area contributed by atoms with E-state index in [0.29, 0.717) is 0 Å². The maximum atomic E-state index is 12.6. The molecule has 34 heteroatoms. The number of nitrogens with one attached hydrogen (secondary N) is 2. The number of fused-ring (bicyclic) bond motifs is 2. The Balaban J connectivity index is 0.00000385. The second kappa shape index (κ2) is 25.1. The van der Waals surface area contributed by atoms with Gasteiger partial charge < -0.3 is 39.4 Å². The summed E-state index contributed by atoms with van der Waals surface area (Å²) in [6.45, 7) is 0.761. The molecule has 0 amide bonds. The number of carbonyl (C=O) groups is 1. The third-order valence-corrected chi connectivity index (χ3v) is 13.4. The molecule has 0 saturated carbocycles. The van der Waals surface area contributed by atoms with Crippen molar-refractivity contribution in [3.05, 3.63) is 78.1 Å². The fraction of sp³-hybridized carbons (Fsp3) is 0.0909. The summed E-state index contributed by atoms with van der Waals surface area (Å²) in [7, 11) is -19.8. The van der Waals surface area contributed by atoms with Gasteiger partial charge in [-0.2, -0.15) is 19.3 Å². The van der Waals surface area contributed by atoms with Crippen molar-refractivity contribution in [2.75, 3.05) is 23.0 Å². The number of phenolic OH excluding ortho intramolecular Hbond substituents is 1. The molecule has 0 aliphatic rings. The number of hydrogen-bond acceptors (Lipinski definition) is 25. The Morgan fingerprint density at radius 3 is 2.00 bits per heavy atom. The molecule has 67 heavy (non-hydrogen) atoms. The normalized spacial score (nSPS) is 11.8. The van der Waals surface area contributed by atoms with Gasteiger partial charge in [-0.05, 0) is 71.6 Å². The number of hydrogen-bond donors (Lipinski definition) is 3. The molecule has 0 atom stereocenters. The number of benzene rings is 5. The largest absolute Gasteiger partial charge is 1.00 e. The minimum atomic E-state index is -5.52. The van der Waals surface area contributed by atoms with Crippen LogP contribution in [-0.2, 0) is 59.1 Å². The molecule has 0 radical (unpaired) electrons. The van der Waals surface area contributed by atoms with Crippen molar-refractivity contribution in [3.8, 4) is 5.75 Å². The Bertz CT molecular complexity index is 3330. The van der Waals surface area contributed by atoms with Crippen molar-refractivity contribution in [1.82, 2.24) is 15.0 Å². The summed E-state index contributed by atoms with van der Waals surface area (Å²) < 4.78 is 144. The smallest absolute Gasteiger partial charge is 0.744 e. The van der Waals surface area contributed by atoms with Gasteiger partial charge in [0.2, 0.25) is 17.2 Å². The molecule has 5 aromatic carbocycles. The van der Waals surface area contributed by atoms with Crippen molar-refractivity contribution >= 4 is 126 Å². The van der Waals surface area contributed by atoms with Crippen LogP contribution in [0, 0.1) is 0 Å². The summed E-state index contributed by atoms with van der Waals surface area (Å²) in [4.78, 5) is 19.7. The Morgan fingerprint density at radius 2 is 1.42 bits per heavy atom. The van der Waals surface area contributed by atoms with Gasteiger partial charge in [-0.15, -0.1) is 10.2 Å². The van der Waals surface area contributed by atoms with E-state index in [1.165, 1.54) is 24.3 Å². The van der Waals surface area contributed by atoms with E-state index >= 15 is 0 Å². The molecule has 0 saturated heterocycles. The monoisotopic (exact) mass is 1070 g/mol. The SMILES string of the molecule is CC(=O)OCCS(=O)(=O)c1ccc(Nc2nc(Cl)nc(Nc3cc(S(=O)(=O)[O-])cc4cc(SOO[O-])c(N=Nc5ccc6c(S(=O)(=O)[O-])cccc6c5S(=O)(=O)[O-])c(O)c34)n2)cc1.[Na+].[Na+].[Na+].[Na+]. The molecule has 3 N–H and O–H groups in total. The first-order chi connectivity index (χ1) is 29.5. The molecule has 0 fully saturated rings. The number of azo groups is 1. The third-order valence-electron chi connectivity index (χ3n) is 8.27. The number of esters is 1. The number of halogens is 1. The number of nitrogens with zero attached hydrogens (tertiary/aromatic N) is 5. The third kappa shape index (κ3) is 15.4. The van der Waals surface area contributed by atoms with Crippen LogP contribution < -0.4 is 134 Å². The summed E-state index contributed by atoms with van der Waals surface area (Å²) >= 11 is 6.23. The van der Waals surface area contributed by atoms with Gasteiger partial charge in [0.25, 0.3) is 0 Å². The molecular weight excluding hydrogens is 1050 g/mol. The number of rotatable bonds is 16. The van der Waals surface area contributed by atoms with E-state index in [2.05, 4.69) is 45.2 Å². The molecule has 0 spiro atoms. The fourth-order valence-electron chi connectivity index (χ4n) is 5.74. The van der Waals surface area contributed by atoms with Crippen LogP contribution in [0.15, 0.2) is 108 Å². The van der Waals surface area contributed by atoms with Crippen LogP contribution in [0.2, 0.25) is 5.28 Å². The predicted octanol–water partition coefficient (Wildman–Crippen LogP) is -8.26. The molecule has 24 nitrogen and oxygen atoms in total. The van der Waals surface area contributed by atoms with Crippen LogP contribution in [0.1, 0.15) is 6.92 Å². The van der Waals surface area contributed by atoms with Crippen LogP contribution >= 0.6 is 23.6 Å². The van der Waals surface area contributed by atoms with E-state index in [4.69, 9.17) is 16.3 Å². The standard InChI is InChI=1S/C33H26ClN7O17S5.4Na/c1-16(42)56-11-12-60(45,46)19-7-5-18(6-8-19)35-32-37-31(34)38-33(39-32)36-24-15-20(61(47,48)49)13-17-14-25(59-58-57-44)28(29(43)27(17)24)41-40-23-10-9-21-22(30(23)63(53,54)55)3-2-4-26(21)62(50,51)52;;;;/h2-10,13-15,43-44H,11-12H2,1H3,(H,47,48,49)(H,50,51,52)(H,53,54,55)(H2,35,36,37,38,39);;;;/q;4*+1/p-4. The van der Waals surface area contributed by atoms with E-state index in [-0.39, 0.29) is 164 Å². The Kier molecular flexibility index (Phi) is 23.0. The van der Waals surface area contributed by atoms with Crippen molar-refractivity contribution < 1.29 is 195 Å². The Hall–Kier alpha value is -1.70. The number of carbonyl (C=O) groups excluding carboxylic acids is 1. The molecule has 1 heterocycles. The van der Waals surface area contributed by atoms with Crippen molar-refractivity contribution in [3.63, 3.8) is 0 Å². The molecule has 0 aliphatic heterocycles. The number of phenols is 1. The van der Waals surface area contributed by atoms with Gasteiger partial charge in [0.1, 0.15) is 48.3 Å². The van der Waals surface area contributed by atoms with Crippen molar-refractivity contribution in [2.24, 2.45) is 10.2 Å². The van der Waals surface area contributed by atoms with E-state index in [1.54, 1.807) is 0 Å². The Labute approximate surface area is 477 Å². The fourth-order valence-corrected chi connectivity index (χ4v) is 9.52. The average molecular weight is 1080 g/mol. The summed E-state index contributed by atoms with van der Waals surface area (Å²) in [6, 6.07) is 12.5. The molecule has 6 rings (SSSR count). The van der Waals surface area contributed by atoms with Gasteiger partial charge in [0, 0.05) is 28.8 Å². The van der Waals surface area contributed by atoms with Crippen LogP contribution in [0.4, 0.5) is 34.6 Å².